The maximum Gasteiger partial charge on any atom is 0.127 e. The topological polar surface area (TPSA) is 0 Å². The van der Waals surface area contributed by atoms with Crippen LogP contribution in [0.25, 0.3) is 0 Å². The van der Waals surface area contributed by atoms with E-state index in [1.807, 2.05) is 20.8 Å². The molecule has 0 heterocycles. The van der Waals surface area contributed by atoms with Gasteiger partial charge in [-0.2, -0.15) is 0 Å². The van der Waals surface area contributed by atoms with E-state index in [0.29, 0.717) is 17.0 Å². The van der Waals surface area contributed by atoms with Crippen molar-refractivity contribution in [2.45, 2.75) is 65.2 Å². The summed E-state index contributed by atoms with van der Waals surface area (Å²) in [4.78, 5) is 0. The second-order valence-electron chi connectivity index (χ2n) is 7.34. The normalized spacial score (nSPS) is 14.0. The monoisotopic (exact) mass is 330 g/mol. The highest BCUT2D eigenvalue weighted by molar-refractivity contribution is 5.30. The average molecular weight is 330 g/mol. The second-order valence-corrected chi connectivity index (χ2v) is 7.34. The lowest BCUT2D eigenvalue weighted by molar-refractivity contribution is 0.522. The molecule has 0 fully saturated rings. The van der Waals surface area contributed by atoms with Crippen molar-refractivity contribution in [3.8, 4) is 0 Å². The van der Waals surface area contributed by atoms with Crippen molar-refractivity contribution in [2.75, 3.05) is 0 Å². The zero-order chi connectivity index (χ0) is 17.9. The summed E-state index contributed by atoms with van der Waals surface area (Å²) in [6.07, 6.45) is 1.80. The van der Waals surface area contributed by atoms with Crippen molar-refractivity contribution in [1.29, 1.82) is 0 Å². The highest BCUT2D eigenvalue weighted by Gasteiger charge is 2.18. The van der Waals surface area contributed by atoms with Crippen LogP contribution < -0.4 is 0 Å². The Labute approximate surface area is 144 Å². The van der Waals surface area contributed by atoms with E-state index in [2.05, 4.69) is 38.1 Å². The fourth-order valence-corrected chi connectivity index (χ4v) is 3.11. The molecule has 24 heavy (non-hydrogen) atoms. The van der Waals surface area contributed by atoms with Gasteiger partial charge in [-0.25, -0.2) is 8.78 Å². The second kappa shape index (κ2) is 7.92. The van der Waals surface area contributed by atoms with Crippen LogP contribution in [0.1, 0.15) is 80.5 Å². The molecule has 0 nitrogen and oxygen atoms in total. The van der Waals surface area contributed by atoms with Gasteiger partial charge in [0.2, 0.25) is 0 Å². The minimum absolute atomic E-state index is 0.00797. The van der Waals surface area contributed by atoms with Crippen LogP contribution in [0.4, 0.5) is 8.78 Å². The SMILES string of the molecule is Cc1ccc(C(C)CCC(C)c2cc(F)c(C(C)C)cc2F)cc1. The summed E-state index contributed by atoms with van der Waals surface area (Å²) >= 11 is 0. The van der Waals surface area contributed by atoms with E-state index in [9.17, 15) is 8.78 Å². The lowest BCUT2D eigenvalue weighted by Gasteiger charge is -2.18. The third-order valence-electron chi connectivity index (χ3n) is 4.95. The Morgan fingerprint density at radius 1 is 0.750 bits per heavy atom. The van der Waals surface area contributed by atoms with Gasteiger partial charge < -0.3 is 0 Å². The minimum Gasteiger partial charge on any atom is -0.207 e. The fourth-order valence-electron chi connectivity index (χ4n) is 3.11. The van der Waals surface area contributed by atoms with Gasteiger partial charge in [0.05, 0.1) is 0 Å². The van der Waals surface area contributed by atoms with Crippen LogP contribution in [0, 0.1) is 18.6 Å². The first-order valence-electron chi connectivity index (χ1n) is 8.85. The van der Waals surface area contributed by atoms with Gasteiger partial charge in [-0.1, -0.05) is 57.5 Å². The zero-order valence-electron chi connectivity index (χ0n) is 15.4. The predicted octanol–water partition coefficient (Wildman–Crippen LogP) is 7.08. The van der Waals surface area contributed by atoms with Crippen LogP contribution in [0.3, 0.4) is 0 Å². The van der Waals surface area contributed by atoms with Gasteiger partial charge in [0.25, 0.3) is 0 Å². The maximum absolute atomic E-state index is 14.4. The fraction of sp³-hybridized carbons (Fsp3) is 0.455. The molecule has 2 heteroatoms. The third-order valence-corrected chi connectivity index (χ3v) is 4.95. The van der Waals surface area contributed by atoms with E-state index in [1.54, 1.807) is 0 Å². The Morgan fingerprint density at radius 2 is 1.25 bits per heavy atom. The molecule has 2 rings (SSSR count). The maximum atomic E-state index is 14.4. The van der Waals surface area contributed by atoms with Gasteiger partial charge in [-0.15, -0.1) is 0 Å². The Balaban J connectivity index is 2.05. The van der Waals surface area contributed by atoms with Crippen LogP contribution in [0.5, 0.6) is 0 Å². The minimum atomic E-state index is -0.292. The van der Waals surface area contributed by atoms with Gasteiger partial charge in [0, 0.05) is 0 Å². The largest absolute Gasteiger partial charge is 0.207 e. The molecule has 0 radical (unpaired) electrons. The molecular formula is C22H28F2. The first-order valence-corrected chi connectivity index (χ1v) is 8.85. The van der Waals surface area contributed by atoms with Crippen LogP contribution in [-0.2, 0) is 0 Å². The molecule has 0 amide bonds. The smallest absolute Gasteiger partial charge is 0.127 e. The Morgan fingerprint density at radius 3 is 1.83 bits per heavy atom. The van der Waals surface area contributed by atoms with E-state index < -0.39 is 0 Å². The molecule has 0 aliphatic heterocycles. The first-order chi connectivity index (χ1) is 11.3. The van der Waals surface area contributed by atoms with E-state index in [-0.39, 0.29) is 23.5 Å². The van der Waals surface area contributed by atoms with Gasteiger partial charge in [0.1, 0.15) is 11.6 Å². The molecule has 0 saturated heterocycles. The van der Waals surface area contributed by atoms with E-state index >= 15 is 0 Å². The number of benzene rings is 2. The number of aryl methyl sites for hydroxylation is 1. The molecule has 0 spiro atoms. The molecule has 0 saturated carbocycles. The highest BCUT2D eigenvalue weighted by atomic mass is 19.1. The number of rotatable bonds is 6. The summed E-state index contributed by atoms with van der Waals surface area (Å²) in [5, 5.41) is 0. The van der Waals surface area contributed by atoms with Crippen molar-refractivity contribution in [3.63, 3.8) is 0 Å². The summed E-state index contributed by atoms with van der Waals surface area (Å²) in [6, 6.07) is 11.3. The Hall–Kier alpha value is -1.70. The summed E-state index contributed by atoms with van der Waals surface area (Å²) in [5.41, 5.74) is 3.50. The van der Waals surface area contributed by atoms with Crippen LogP contribution in [-0.4, -0.2) is 0 Å². The lowest BCUT2D eigenvalue weighted by Crippen LogP contribution is -2.04. The number of hydrogen-bond donors (Lipinski definition) is 0. The average Bonchev–Trinajstić information content (AvgIpc) is 2.54. The summed E-state index contributed by atoms with van der Waals surface area (Å²) in [5.74, 6) is -0.162. The molecule has 0 aromatic heterocycles. The molecule has 0 N–H and O–H groups in total. The van der Waals surface area contributed by atoms with Gasteiger partial charge in [0.15, 0.2) is 0 Å². The zero-order valence-corrected chi connectivity index (χ0v) is 15.4. The summed E-state index contributed by atoms with van der Waals surface area (Å²) < 4.78 is 28.5. The molecule has 0 aliphatic rings. The number of hydrogen-bond acceptors (Lipinski definition) is 0. The summed E-state index contributed by atoms with van der Waals surface area (Å²) in [7, 11) is 0. The molecule has 2 aromatic carbocycles. The van der Waals surface area contributed by atoms with Crippen LogP contribution in [0.2, 0.25) is 0 Å². The van der Waals surface area contributed by atoms with E-state index in [1.165, 1.54) is 23.3 Å². The van der Waals surface area contributed by atoms with Gasteiger partial charge in [-0.05, 0) is 66.3 Å². The quantitative estimate of drug-likeness (QED) is 0.530. The summed E-state index contributed by atoms with van der Waals surface area (Å²) in [6.45, 7) is 10.0. The molecule has 0 bridgehead atoms. The molecule has 2 aromatic rings. The van der Waals surface area contributed by atoms with Crippen molar-refractivity contribution in [1.82, 2.24) is 0 Å². The highest BCUT2D eigenvalue weighted by Crippen LogP contribution is 2.31. The Kier molecular flexibility index (Phi) is 6.15. The van der Waals surface area contributed by atoms with Crippen molar-refractivity contribution in [2.24, 2.45) is 0 Å². The van der Waals surface area contributed by atoms with Crippen molar-refractivity contribution < 1.29 is 8.78 Å². The molecule has 2 atom stereocenters. The molecule has 0 aliphatic carbocycles. The Bertz CT molecular complexity index is 671. The molecular weight excluding hydrogens is 302 g/mol. The van der Waals surface area contributed by atoms with Gasteiger partial charge >= 0.3 is 0 Å². The number of halogens is 2. The van der Waals surface area contributed by atoms with Crippen molar-refractivity contribution >= 4 is 0 Å². The molecule has 2 unspecified atom stereocenters. The lowest BCUT2D eigenvalue weighted by atomic mass is 9.88. The first kappa shape index (κ1) is 18.6. The standard InChI is InChI=1S/C22H28F2/c1-14(2)19-12-22(24)20(13-21(19)23)17(5)9-8-16(4)18-10-6-15(3)7-11-18/h6-7,10-14,16-17H,8-9H2,1-5H3. The van der Waals surface area contributed by atoms with E-state index in [0.717, 1.165) is 12.8 Å². The van der Waals surface area contributed by atoms with Crippen LogP contribution in [0.15, 0.2) is 36.4 Å². The van der Waals surface area contributed by atoms with Gasteiger partial charge in [-0.3, -0.25) is 0 Å². The van der Waals surface area contributed by atoms with Crippen molar-refractivity contribution in [3.05, 3.63) is 70.3 Å². The van der Waals surface area contributed by atoms with Crippen LogP contribution >= 0.6 is 0 Å². The predicted molar refractivity (Wildman–Crippen MR) is 97.7 cm³/mol. The van der Waals surface area contributed by atoms with E-state index in [4.69, 9.17) is 0 Å². The third kappa shape index (κ3) is 4.43. The molecule has 130 valence electrons.